The number of nitrogens with one attached hydrogen (secondary N) is 1. The van der Waals surface area contributed by atoms with Gasteiger partial charge in [-0.2, -0.15) is 0 Å². The highest BCUT2D eigenvalue weighted by Crippen LogP contribution is 2.14. The lowest BCUT2D eigenvalue weighted by atomic mass is 10.1. The average Bonchev–Trinajstić information content (AvgIpc) is 2.39. The van der Waals surface area contributed by atoms with Crippen LogP contribution in [-0.4, -0.2) is 11.8 Å². The molecule has 2 amide bonds. The highest BCUT2D eigenvalue weighted by Gasteiger charge is 2.08. The molecule has 19 heavy (non-hydrogen) atoms. The van der Waals surface area contributed by atoms with E-state index >= 15 is 0 Å². The van der Waals surface area contributed by atoms with E-state index in [0.717, 1.165) is 3.57 Å². The Morgan fingerprint density at radius 3 is 2.37 bits per heavy atom. The summed E-state index contributed by atoms with van der Waals surface area (Å²) in [6.45, 7) is 0. The topological polar surface area (TPSA) is 72.2 Å². The minimum Gasteiger partial charge on any atom is -0.366 e. The largest absolute Gasteiger partial charge is 0.366 e. The third-order valence-corrected chi connectivity index (χ3v) is 3.16. The van der Waals surface area contributed by atoms with Crippen molar-refractivity contribution in [2.24, 2.45) is 5.73 Å². The molecule has 0 atom stereocenters. The zero-order valence-corrected chi connectivity index (χ0v) is 12.0. The van der Waals surface area contributed by atoms with Crippen LogP contribution in [0.3, 0.4) is 0 Å². The van der Waals surface area contributed by atoms with Gasteiger partial charge in [0.1, 0.15) is 0 Å². The summed E-state index contributed by atoms with van der Waals surface area (Å²) < 4.78 is 1.03. The number of nitrogens with two attached hydrogens (primary N) is 1. The Bertz CT molecular complexity index is 641. The van der Waals surface area contributed by atoms with E-state index in [1.54, 1.807) is 24.3 Å². The van der Waals surface area contributed by atoms with Crippen LogP contribution in [0.15, 0.2) is 48.5 Å². The third kappa shape index (κ3) is 3.54. The van der Waals surface area contributed by atoms with Crippen LogP contribution < -0.4 is 11.1 Å². The number of carbonyl (C=O) groups excluding carboxylic acids is 2. The molecule has 0 heterocycles. The van der Waals surface area contributed by atoms with Crippen molar-refractivity contribution in [2.75, 3.05) is 5.32 Å². The van der Waals surface area contributed by atoms with Gasteiger partial charge in [-0.25, -0.2) is 0 Å². The SMILES string of the molecule is NC(=O)c1cccc(C(=O)Nc2cccc(I)c2)c1. The number of rotatable bonds is 3. The van der Waals surface area contributed by atoms with Gasteiger partial charge in [0.05, 0.1) is 0 Å². The van der Waals surface area contributed by atoms with Crippen LogP contribution in [0.4, 0.5) is 5.69 Å². The van der Waals surface area contributed by atoms with E-state index in [1.807, 2.05) is 18.2 Å². The Balaban J connectivity index is 2.20. The smallest absolute Gasteiger partial charge is 0.255 e. The lowest BCUT2D eigenvalue weighted by Gasteiger charge is -2.06. The van der Waals surface area contributed by atoms with E-state index in [1.165, 1.54) is 6.07 Å². The number of amides is 2. The Morgan fingerprint density at radius 1 is 1.00 bits per heavy atom. The van der Waals surface area contributed by atoms with Gasteiger partial charge in [-0.05, 0) is 59.0 Å². The first kappa shape index (κ1) is 13.5. The molecule has 96 valence electrons. The van der Waals surface area contributed by atoms with E-state index < -0.39 is 5.91 Å². The molecule has 0 fully saturated rings. The predicted octanol–water partition coefficient (Wildman–Crippen LogP) is 2.64. The molecule has 2 aromatic carbocycles. The van der Waals surface area contributed by atoms with Gasteiger partial charge in [0.25, 0.3) is 5.91 Å². The molecule has 3 N–H and O–H groups in total. The van der Waals surface area contributed by atoms with Gasteiger partial charge in [-0.1, -0.05) is 12.1 Å². The standard InChI is InChI=1S/C14H11IN2O2/c15-11-5-2-6-12(8-11)17-14(19)10-4-1-3-9(7-10)13(16)18/h1-8H,(H2,16,18)(H,17,19). The molecule has 0 saturated heterocycles. The van der Waals surface area contributed by atoms with Gasteiger partial charge in [0.2, 0.25) is 5.91 Å². The summed E-state index contributed by atoms with van der Waals surface area (Å²) >= 11 is 2.17. The van der Waals surface area contributed by atoms with Crippen molar-refractivity contribution in [2.45, 2.75) is 0 Å². The van der Waals surface area contributed by atoms with Crippen molar-refractivity contribution < 1.29 is 9.59 Å². The fraction of sp³-hybridized carbons (Fsp3) is 0. The van der Waals surface area contributed by atoms with Crippen LogP contribution in [0.25, 0.3) is 0 Å². The summed E-state index contributed by atoms with van der Waals surface area (Å²) in [6, 6.07) is 13.8. The van der Waals surface area contributed by atoms with Gasteiger partial charge in [-0.15, -0.1) is 0 Å². The Morgan fingerprint density at radius 2 is 1.68 bits per heavy atom. The van der Waals surface area contributed by atoms with Crippen molar-refractivity contribution in [3.8, 4) is 0 Å². The molecule has 0 aliphatic carbocycles. The van der Waals surface area contributed by atoms with E-state index in [2.05, 4.69) is 27.9 Å². The summed E-state index contributed by atoms with van der Waals surface area (Å²) in [6.07, 6.45) is 0. The Hall–Kier alpha value is -1.89. The predicted molar refractivity (Wildman–Crippen MR) is 82.1 cm³/mol. The molecular weight excluding hydrogens is 355 g/mol. The van der Waals surface area contributed by atoms with E-state index in [0.29, 0.717) is 16.8 Å². The number of benzene rings is 2. The zero-order chi connectivity index (χ0) is 13.8. The van der Waals surface area contributed by atoms with Crippen molar-refractivity contribution in [1.29, 1.82) is 0 Å². The molecule has 0 saturated carbocycles. The number of anilines is 1. The number of halogens is 1. The number of hydrogen-bond donors (Lipinski definition) is 2. The molecule has 0 aliphatic rings. The first-order chi connectivity index (χ1) is 9.06. The van der Waals surface area contributed by atoms with E-state index in [4.69, 9.17) is 5.73 Å². The van der Waals surface area contributed by atoms with Crippen molar-refractivity contribution in [1.82, 2.24) is 0 Å². The molecule has 5 heteroatoms. The van der Waals surface area contributed by atoms with Crippen LogP contribution in [-0.2, 0) is 0 Å². The summed E-state index contributed by atoms with van der Waals surface area (Å²) in [4.78, 5) is 23.1. The first-order valence-electron chi connectivity index (χ1n) is 5.53. The summed E-state index contributed by atoms with van der Waals surface area (Å²) in [7, 11) is 0. The lowest BCUT2D eigenvalue weighted by Crippen LogP contribution is -2.15. The Kier molecular flexibility index (Phi) is 4.16. The highest BCUT2D eigenvalue weighted by atomic mass is 127. The summed E-state index contributed by atoms with van der Waals surface area (Å²) in [5.74, 6) is -0.825. The normalized spacial score (nSPS) is 9.95. The summed E-state index contributed by atoms with van der Waals surface area (Å²) in [5, 5.41) is 2.77. The van der Waals surface area contributed by atoms with Crippen LogP contribution in [0, 0.1) is 3.57 Å². The summed E-state index contributed by atoms with van der Waals surface area (Å²) in [5.41, 5.74) is 6.61. The van der Waals surface area contributed by atoms with Crippen LogP contribution in [0.2, 0.25) is 0 Å². The minimum atomic E-state index is -0.552. The fourth-order valence-electron chi connectivity index (χ4n) is 1.58. The highest BCUT2D eigenvalue weighted by molar-refractivity contribution is 14.1. The molecule has 0 bridgehead atoms. The molecule has 0 aliphatic heterocycles. The van der Waals surface area contributed by atoms with Crippen molar-refractivity contribution in [3.63, 3.8) is 0 Å². The Labute approximate surface area is 124 Å². The second kappa shape index (κ2) is 5.83. The minimum absolute atomic E-state index is 0.273. The van der Waals surface area contributed by atoms with E-state index in [-0.39, 0.29) is 5.91 Å². The molecule has 4 nitrogen and oxygen atoms in total. The van der Waals surface area contributed by atoms with Gasteiger partial charge >= 0.3 is 0 Å². The van der Waals surface area contributed by atoms with Gasteiger partial charge < -0.3 is 11.1 Å². The molecule has 0 spiro atoms. The van der Waals surface area contributed by atoms with Gasteiger partial charge in [0, 0.05) is 20.4 Å². The number of primary amides is 1. The average molecular weight is 366 g/mol. The zero-order valence-electron chi connectivity index (χ0n) is 9.89. The van der Waals surface area contributed by atoms with Crippen molar-refractivity contribution in [3.05, 3.63) is 63.2 Å². The number of carbonyl (C=O) groups is 2. The second-order valence-electron chi connectivity index (χ2n) is 3.91. The third-order valence-electron chi connectivity index (χ3n) is 2.49. The van der Waals surface area contributed by atoms with Crippen LogP contribution >= 0.6 is 22.6 Å². The molecule has 2 rings (SSSR count). The second-order valence-corrected chi connectivity index (χ2v) is 5.16. The maximum atomic E-state index is 12.0. The molecule has 0 aromatic heterocycles. The number of hydrogen-bond acceptors (Lipinski definition) is 2. The lowest BCUT2D eigenvalue weighted by molar-refractivity contribution is 0.1000. The van der Waals surface area contributed by atoms with Crippen molar-refractivity contribution >= 4 is 40.1 Å². The van der Waals surface area contributed by atoms with Gasteiger partial charge in [0.15, 0.2) is 0 Å². The molecule has 2 aromatic rings. The maximum Gasteiger partial charge on any atom is 0.255 e. The molecule has 0 unspecified atom stereocenters. The van der Waals surface area contributed by atoms with E-state index in [9.17, 15) is 9.59 Å². The molecule has 0 radical (unpaired) electrons. The van der Waals surface area contributed by atoms with Crippen LogP contribution in [0.1, 0.15) is 20.7 Å². The fourth-order valence-corrected chi connectivity index (χ4v) is 2.13. The molecular formula is C14H11IN2O2. The van der Waals surface area contributed by atoms with Crippen LogP contribution in [0.5, 0.6) is 0 Å². The van der Waals surface area contributed by atoms with Gasteiger partial charge in [-0.3, -0.25) is 9.59 Å². The monoisotopic (exact) mass is 366 g/mol. The first-order valence-corrected chi connectivity index (χ1v) is 6.61. The quantitative estimate of drug-likeness (QED) is 0.820. The maximum absolute atomic E-state index is 12.0.